The molecule has 0 radical (unpaired) electrons. The van der Waals surface area contributed by atoms with Crippen molar-refractivity contribution < 1.29 is 28.7 Å². The molecule has 10 heteroatoms. The number of rotatable bonds is 11. The van der Waals surface area contributed by atoms with Gasteiger partial charge in [-0.3, -0.25) is 19.2 Å². The number of amides is 3. The van der Waals surface area contributed by atoms with Gasteiger partial charge < -0.3 is 30.4 Å². The molecule has 4 N–H and O–H groups in total. The maximum absolute atomic E-state index is 13.4. The van der Waals surface area contributed by atoms with Crippen LogP contribution in [0, 0.1) is 5.41 Å². The van der Waals surface area contributed by atoms with E-state index in [1.165, 1.54) is 7.11 Å². The molecular weight excluding hydrogens is 464 g/mol. The molecule has 36 heavy (non-hydrogen) atoms. The van der Waals surface area contributed by atoms with Crippen molar-refractivity contribution in [1.29, 1.82) is 0 Å². The number of nitrogens with one attached hydrogen (secondary N) is 4. The van der Waals surface area contributed by atoms with Crippen molar-refractivity contribution in [2.75, 3.05) is 27.4 Å². The Kier molecular flexibility index (Phi) is 8.52. The zero-order chi connectivity index (χ0) is 26.5. The molecule has 3 amide bonds. The minimum Gasteiger partial charge on any atom is -0.496 e. The Bertz CT molecular complexity index is 1180. The number of methoxy groups -OCH3 is 2. The Hall–Kier alpha value is -3.66. The van der Waals surface area contributed by atoms with E-state index in [0.717, 1.165) is 10.9 Å². The summed E-state index contributed by atoms with van der Waals surface area (Å²) in [5.41, 5.74) is 1.12. The van der Waals surface area contributed by atoms with Crippen molar-refractivity contribution in [2.24, 2.45) is 5.41 Å². The largest absolute Gasteiger partial charge is 0.496 e. The van der Waals surface area contributed by atoms with Crippen LogP contribution in [0.25, 0.3) is 10.9 Å². The van der Waals surface area contributed by atoms with Gasteiger partial charge in [-0.15, -0.1) is 0 Å². The number of aromatic nitrogens is 1. The van der Waals surface area contributed by atoms with E-state index in [0.29, 0.717) is 24.3 Å². The van der Waals surface area contributed by atoms with Gasteiger partial charge in [0.05, 0.1) is 13.2 Å². The van der Waals surface area contributed by atoms with Gasteiger partial charge in [0.2, 0.25) is 11.8 Å². The van der Waals surface area contributed by atoms with Crippen LogP contribution in [0.5, 0.6) is 5.75 Å². The third-order valence-corrected chi connectivity index (χ3v) is 5.85. The van der Waals surface area contributed by atoms with E-state index >= 15 is 0 Å². The first kappa shape index (κ1) is 26.9. The van der Waals surface area contributed by atoms with Gasteiger partial charge in [-0.25, -0.2) is 0 Å². The van der Waals surface area contributed by atoms with Gasteiger partial charge in [-0.1, -0.05) is 32.9 Å². The SMILES string of the molecule is COCC(=O)[C@H](CC1=CCNC1=O)NC(=O)[C@H](CC(C)(C)C)NC(=O)c1cc2c(OC)cccc2[nH]1. The standard InChI is InChI=1S/C26H34N4O6/c1-26(2,3)13-20(30-24(33)19-12-16-17(28-19)7-6-8-22(16)36-5)25(34)29-18(21(31)14-35-4)11-15-9-10-27-23(15)32/h6-9,12,18,20,28H,10-11,13-14H2,1-5H3,(H,27,32)(H,29,34)(H,30,33)/t18-,20-/m0/s1. The second-order valence-electron chi connectivity index (χ2n) is 10.00. The molecule has 0 saturated heterocycles. The number of ether oxygens (including phenoxy) is 2. The molecule has 1 aromatic heterocycles. The minimum atomic E-state index is -0.968. The molecule has 2 heterocycles. The van der Waals surface area contributed by atoms with E-state index in [9.17, 15) is 19.2 Å². The number of hydrogen-bond donors (Lipinski definition) is 4. The number of benzene rings is 1. The highest BCUT2D eigenvalue weighted by Gasteiger charge is 2.32. The van der Waals surface area contributed by atoms with Crippen LogP contribution in [0.3, 0.4) is 0 Å². The van der Waals surface area contributed by atoms with Gasteiger partial charge in [0, 0.05) is 36.6 Å². The van der Waals surface area contributed by atoms with Gasteiger partial charge in [-0.2, -0.15) is 0 Å². The summed E-state index contributed by atoms with van der Waals surface area (Å²) in [6, 6.07) is 5.22. The average molecular weight is 499 g/mol. The summed E-state index contributed by atoms with van der Waals surface area (Å²) >= 11 is 0. The highest BCUT2D eigenvalue weighted by atomic mass is 16.5. The summed E-state index contributed by atoms with van der Waals surface area (Å²) in [7, 11) is 2.94. The van der Waals surface area contributed by atoms with Crippen LogP contribution in [0.1, 0.15) is 44.1 Å². The van der Waals surface area contributed by atoms with Crippen LogP contribution in [0.15, 0.2) is 35.9 Å². The fourth-order valence-electron chi connectivity index (χ4n) is 4.11. The molecule has 1 aliphatic rings. The predicted octanol–water partition coefficient (Wildman–Crippen LogP) is 1.86. The highest BCUT2D eigenvalue weighted by molar-refractivity contribution is 6.02. The number of carbonyl (C=O) groups is 4. The van der Waals surface area contributed by atoms with Crippen molar-refractivity contribution >= 4 is 34.4 Å². The average Bonchev–Trinajstić information content (AvgIpc) is 3.43. The molecule has 10 nitrogen and oxygen atoms in total. The maximum atomic E-state index is 13.4. The first-order chi connectivity index (χ1) is 17.0. The highest BCUT2D eigenvalue weighted by Crippen LogP contribution is 2.26. The zero-order valence-electron chi connectivity index (χ0n) is 21.3. The van der Waals surface area contributed by atoms with E-state index in [2.05, 4.69) is 20.9 Å². The minimum absolute atomic E-state index is 0.0394. The monoisotopic (exact) mass is 498 g/mol. The summed E-state index contributed by atoms with van der Waals surface area (Å²) < 4.78 is 10.3. The molecule has 194 valence electrons. The summed E-state index contributed by atoms with van der Waals surface area (Å²) in [4.78, 5) is 54.3. The van der Waals surface area contributed by atoms with Crippen molar-refractivity contribution in [3.63, 3.8) is 0 Å². The van der Waals surface area contributed by atoms with E-state index in [1.54, 1.807) is 25.3 Å². The fraction of sp³-hybridized carbons (Fsp3) is 0.462. The fourth-order valence-corrected chi connectivity index (χ4v) is 4.11. The molecule has 2 atom stereocenters. The smallest absolute Gasteiger partial charge is 0.268 e. The zero-order valence-corrected chi connectivity index (χ0v) is 21.3. The summed E-state index contributed by atoms with van der Waals surface area (Å²) in [5.74, 6) is -0.990. The lowest BCUT2D eigenvalue weighted by molar-refractivity contribution is -0.131. The van der Waals surface area contributed by atoms with E-state index < -0.39 is 23.9 Å². The molecule has 3 rings (SSSR count). The molecule has 0 bridgehead atoms. The van der Waals surface area contributed by atoms with E-state index in [4.69, 9.17) is 9.47 Å². The van der Waals surface area contributed by atoms with E-state index in [1.807, 2.05) is 32.9 Å². The van der Waals surface area contributed by atoms with Gasteiger partial charge >= 0.3 is 0 Å². The Morgan fingerprint density at radius 2 is 1.86 bits per heavy atom. The molecule has 2 aromatic rings. The lowest BCUT2D eigenvalue weighted by atomic mass is 9.87. The molecule has 0 fully saturated rings. The first-order valence-corrected chi connectivity index (χ1v) is 11.8. The number of ketones is 1. The van der Waals surface area contributed by atoms with Crippen LogP contribution in [0.4, 0.5) is 0 Å². The molecule has 0 saturated carbocycles. The third-order valence-electron chi connectivity index (χ3n) is 5.85. The Balaban J connectivity index is 1.81. The van der Waals surface area contributed by atoms with Crippen LogP contribution in [-0.4, -0.2) is 67.9 Å². The molecule has 1 aromatic carbocycles. The van der Waals surface area contributed by atoms with Gasteiger partial charge in [0.1, 0.15) is 24.1 Å². The lowest BCUT2D eigenvalue weighted by Crippen LogP contribution is -2.53. The number of aromatic amines is 1. The number of hydrogen-bond acceptors (Lipinski definition) is 6. The molecule has 0 spiro atoms. The lowest BCUT2D eigenvalue weighted by Gasteiger charge is -2.28. The Morgan fingerprint density at radius 3 is 2.47 bits per heavy atom. The Labute approximate surface area is 210 Å². The predicted molar refractivity (Wildman–Crippen MR) is 135 cm³/mol. The third kappa shape index (κ3) is 6.72. The van der Waals surface area contributed by atoms with Crippen molar-refractivity contribution in [3.8, 4) is 5.75 Å². The normalized spacial score (nSPS) is 15.1. The van der Waals surface area contributed by atoms with Crippen LogP contribution in [-0.2, 0) is 19.1 Å². The van der Waals surface area contributed by atoms with E-state index in [-0.39, 0.29) is 35.8 Å². The van der Waals surface area contributed by atoms with Gasteiger partial charge in [0.15, 0.2) is 5.78 Å². The number of fused-ring (bicyclic) bond motifs is 1. The molecule has 1 aliphatic heterocycles. The quantitative estimate of drug-likeness (QED) is 0.373. The summed E-state index contributed by atoms with van der Waals surface area (Å²) in [6.45, 7) is 6.02. The first-order valence-electron chi connectivity index (χ1n) is 11.8. The summed E-state index contributed by atoms with van der Waals surface area (Å²) in [6.07, 6.45) is 2.06. The van der Waals surface area contributed by atoms with Crippen LogP contribution < -0.4 is 20.7 Å². The van der Waals surface area contributed by atoms with Crippen molar-refractivity contribution in [2.45, 2.75) is 45.7 Å². The topological polar surface area (TPSA) is 139 Å². The number of carbonyl (C=O) groups excluding carboxylic acids is 4. The molecular formula is C26H34N4O6. The Morgan fingerprint density at radius 1 is 1.11 bits per heavy atom. The molecule has 0 aliphatic carbocycles. The number of H-pyrrole nitrogens is 1. The molecule has 0 unspecified atom stereocenters. The summed E-state index contributed by atoms with van der Waals surface area (Å²) in [5, 5.41) is 8.95. The second-order valence-corrected chi connectivity index (χ2v) is 10.00. The number of Topliss-reactive ketones (excluding diaryl/α,β-unsaturated/α-hetero) is 1. The van der Waals surface area contributed by atoms with Crippen molar-refractivity contribution in [1.82, 2.24) is 20.9 Å². The van der Waals surface area contributed by atoms with Crippen LogP contribution >= 0.6 is 0 Å². The van der Waals surface area contributed by atoms with Gasteiger partial charge in [-0.05, 0) is 30.0 Å². The maximum Gasteiger partial charge on any atom is 0.268 e. The van der Waals surface area contributed by atoms with Crippen LogP contribution in [0.2, 0.25) is 0 Å². The van der Waals surface area contributed by atoms with Gasteiger partial charge in [0.25, 0.3) is 5.91 Å². The van der Waals surface area contributed by atoms with Crippen molar-refractivity contribution in [3.05, 3.63) is 41.6 Å². The second kappa shape index (κ2) is 11.4.